The monoisotopic (exact) mass is 295 g/mol. The second-order valence-electron chi connectivity index (χ2n) is 4.71. The molecule has 0 saturated carbocycles. The van der Waals surface area contributed by atoms with Crippen LogP contribution in [0.1, 0.15) is 16.2 Å². The number of carbonyl (C=O) groups excluding carboxylic acids is 1. The summed E-state index contributed by atoms with van der Waals surface area (Å²) in [7, 11) is 0. The maximum Gasteiger partial charge on any atom is 0.276 e. The lowest BCUT2D eigenvalue weighted by Crippen LogP contribution is -2.17. The molecule has 1 amide bonds. The number of aryl methyl sites for hydroxylation is 1. The molecule has 1 aromatic carbocycles. The summed E-state index contributed by atoms with van der Waals surface area (Å²) in [6, 6.07) is 9.94. The largest absolute Gasteiger partial charge is 0.348 e. The fraction of sp³-hybridized carbons (Fsp3) is 0.0667. The van der Waals surface area contributed by atoms with Gasteiger partial charge in [0.1, 0.15) is 5.69 Å². The Morgan fingerprint density at radius 3 is 2.50 bits per heavy atom. The number of hydrogen-bond donors (Lipinski definition) is 3. The molecule has 0 saturated heterocycles. The number of rotatable bonds is 3. The van der Waals surface area contributed by atoms with E-state index in [0.717, 1.165) is 17.0 Å². The molecule has 22 heavy (non-hydrogen) atoms. The zero-order valence-corrected chi connectivity index (χ0v) is 11.8. The Labute approximate surface area is 125 Å². The van der Waals surface area contributed by atoms with Crippen molar-refractivity contribution in [3.05, 3.63) is 64.5 Å². The summed E-state index contributed by atoms with van der Waals surface area (Å²) in [4.78, 5) is 30.2. The van der Waals surface area contributed by atoms with Gasteiger partial charge >= 0.3 is 0 Å². The molecule has 3 N–H and O–H groups in total. The second-order valence-corrected chi connectivity index (χ2v) is 4.71. The lowest BCUT2D eigenvalue weighted by molar-refractivity contribution is 0.102. The number of nitrogens with one attached hydrogen (secondary N) is 3. The normalized spacial score (nSPS) is 10.4. The third kappa shape index (κ3) is 2.78. The molecule has 0 aliphatic heterocycles. The molecule has 0 fully saturated rings. The first-order chi connectivity index (χ1) is 10.6. The van der Waals surface area contributed by atoms with Crippen molar-refractivity contribution in [2.75, 3.05) is 5.32 Å². The van der Waals surface area contributed by atoms with Crippen LogP contribution in [0, 0.1) is 6.92 Å². The first kappa shape index (κ1) is 13.7. The summed E-state index contributed by atoms with van der Waals surface area (Å²) in [5.41, 5.74) is 3.24. The van der Waals surface area contributed by atoms with E-state index in [-0.39, 0.29) is 17.2 Å². The summed E-state index contributed by atoms with van der Waals surface area (Å²) in [6.07, 6.45) is 1.64. The highest BCUT2D eigenvalue weighted by atomic mass is 16.2. The number of aromatic amines is 2. The van der Waals surface area contributed by atoms with E-state index in [1.807, 2.05) is 19.1 Å². The first-order valence-electron chi connectivity index (χ1n) is 6.61. The van der Waals surface area contributed by atoms with Crippen molar-refractivity contribution in [1.29, 1.82) is 0 Å². The molecule has 0 atom stereocenters. The fourth-order valence-corrected chi connectivity index (χ4v) is 2.03. The molecule has 2 heterocycles. The molecular weight excluding hydrogens is 282 g/mol. The predicted molar refractivity (Wildman–Crippen MR) is 81.6 cm³/mol. The van der Waals surface area contributed by atoms with Gasteiger partial charge in [-0.25, -0.2) is 10.1 Å². The smallest absolute Gasteiger partial charge is 0.276 e. The zero-order valence-electron chi connectivity index (χ0n) is 11.8. The van der Waals surface area contributed by atoms with Gasteiger partial charge in [-0.3, -0.25) is 9.59 Å². The standard InChI is InChI=1S/C15H13N5O2/c1-9-14(17-8-16-9)10-2-4-11(5-3-10)18-15(22)12-6-7-13(21)20-19-12/h2-8H,1H3,(H,16,17)(H,18,22)(H,20,21). The highest BCUT2D eigenvalue weighted by Gasteiger charge is 2.09. The number of amides is 1. The molecular formula is C15H13N5O2. The van der Waals surface area contributed by atoms with Crippen molar-refractivity contribution in [3.63, 3.8) is 0 Å². The molecule has 3 aromatic rings. The highest BCUT2D eigenvalue weighted by Crippen LogP contribution is 2.21. The molecule has 0 aliphatic carbocycles. The second kappa shape index (κ2) is 5.65. The van der Waals surface area contributed by atoms with Crippen LogP contribution in [-0.2, 0) is 0 Å². The van der Waals surface area contributed by atoms with Gasteiger partial charge in [0.15, 0.2) is 0 Å². The summed E-state index contributed by atoms with van der Waals surface area (Å²) >= 11 is 0. The number of aromatic nitrogens is 4. The summed E-state index contributed by atoms with van der Waals surface area (Å²) in [6.45, 7) is 1.94. The maximum absolute atomic E-state index is 12.0. The summed E-state index contributed by atoms with van der Waals surface area (Å²) in [5.74, 6) is -0.389. The van der Waals surface area contributed by atoms with Crippen LogP contribution in [0.2, 0.25) is 0 Å². The number of hydrogen-bond acceptors (Lipinski definition) is 4. The Morgan fingerprint density at radius 2 is 1.91 bits per heavy atom. The van der Waals surface area contributed by atoms with Crippen LogP contribution < -0.4 is 10.9 Å². The van der Waals surface area contributed by atoms with Crippen LogP contribution in [0.25, 0.3) is 11.3 Å². The van der Waals surface area contributed by atoms with Crippen LogP contribution in [0.4, 0.5) is 5.69 Å². The number of benzene rings is 1. The Morgan fingerprint density at radius 1 is 1.14 bits per heavy atom. The molecule has 3 rings (SSSR count). The Balaban J connectivity index is 1.76. The highest BCUT2D eigenvalue weighted by molar-refractivity contribution is 6.02. The average Bonchev–Trinajstić information content (AvgIpc) is 2.95. The van der Waals surface area contributed by atoms with Gasteiger partial charge in [-0.05, 0) is 25.1 Å². The van der Waals surface area contributed by atoms with Gasteiger partial charge in [0.2, 0.25) is 0 Å². The molecule has 0 radical (unpaired) electrons. The number of nitrogens with zero attached hydrogens (tertiary/aromatic N) is 2. The molecule has 0 aliphatic rings. The third-order valence-electron chi connectivity index (χ3n) is 3.16. The molecule has 0 bridgehead atoms. The maximum atomic E-state index is 12.0. The van der Waals surface area contributed by atoms with E-state index in [1.165, 1.54) is 12.1 Å². The fourth-order valence-electron chi connectivity index (χ4n) is 2.03. The van der Waals surface area contributed by atoms with Crippen molar-refractivity contribution in [2.45, 2.75) is 6.92 Å². The number of H-pyrrole nitrogens is 2. The van der Waals surface area contributed by atoms with E-state index in [2.05, 4.69) is 25.5 Å². The average molecular weight is 295 g/mol. The SMILES string of the molecule is Cc1[nH]cnc1-c1ccc(NC(=O)c2ccc(=O)[nH]n2)cc1. The van der Waals surface area contributed by atoms with Crippen molar-refractivity contribution in [1.82, 2.24) is 20.2 Å². The molecule has 0 spiro atoms. The minimum Gasteiger partial charge on any atom is -0.348 e. The van der Waals surface area contributed by atoms with Crippen LogP contribution in [0.3, 0.4) is 0 Å². The van der Waals surface area contributed by atoms with Gasteiger partial charge in [-0.15, -0.1) is 0 Å². The van der Waals surface area contributed by atoms with E-state index < -0.39 is 0 Å². The molecule has 7 nitrogen and oxygen atoms in total. The van der Waals surface area contributed by atoms with Gasteiger partial charge in [-0.2, -0.15) is 5.10 Å². The van der Waals surface area contributed by atoms with Crippen molar-refractivity contribution in [3.8, 4) is 11.3 Å². The minimum atomic E-state index is -0.389. The van der Waals surface area contributed by atoms with Gasteiger partial charge in [0.25, 0.3) is 11.5 Å². The van der Waals surface area contributed by atoms with Crippen LogP contribution in [-0.4, -0.2) is 26.1 Å². The van der Waals surface area contributed by atoms with Gasteiger partial charge in [-0.1, -0.05) is 12.1 Å². The van der Waals surface area contributed by atoms with Gasteiger partial charge < -0.3 is 10.3 Å². The Hall–Kier alpha value is -3.22. The van der Waals surface area contributed by atoms with Crippen LogP contribution >= 0.6 is 0 Å². The summed E-state index contributed by atoms with van der Waals surface area (Å²) < 4.78 is 0. The molecule has 110 valence electrons. The topological polar surface area (TPSA) is 104 Å². The Kier molecular flexibility index (Phi) is 3.53. The molecule has 0 unspecified atom stereocenters. The zero-order chi connectivity index (χ0) is 15.5. The van der Waals surface area contributed by atoms with Crippen molar-refractivity contribution < 1.29 is 4.79 Å². The first-order valence-corrected chi connectivity index (χ1v) is 6.61. The molecule has 7 heteroatoms. The number of imidazole rings is 1. The van der Waals surface area contributed by atoms with Crippen LogP contribution in [0.15, 0.2) is 47.5 Å². The van der Waals surface area contributed by atoms with Crippen molar-refractivity contribution >= 4 is 11.6 Å². The predicted octanol–water partition coefficient (Wildman–Crippen LogP) is 1.72. The van der Waals surface area contributed by atoms with Gasteiger partial charge in [0, 0.05) is 23.0 Å². The summed E-state index contributed by atoms with van der Waals surface area (Å²) in [5, 5.41) is 8.62. The van der Waals surface area contributed by atoms with E-state index in [0.29, 0.717) is 5.69 Å². The van der Waals surface area contributed by atoms with E-state index in [4.69, 9.17) is 0 Å². The van der Waals surface area contributed by atoms with E-state index >= 15 is 0 Å². The lowest BCUT2D eigenvalue weighted by atomic mass is 10.1. The lowest BCUT2D eigenvalue weighted by Gasteiger charge is -2.05. The Bertz CT molecular complexity index is 844. The van der Waals surface area contributed by atoms with Gasteiger partial charge in [0.05, 0.1) is 12.0 Å². The minimum absolute atomic E-state index is 0.145. The van der Waals surface area contributed by atoms with Crippen molar-refractivity contribution in [2.24, 2.45) is 0 Å². The third-order valence-corrected chi connectivity index (χ3v) is 3.16. The van der Waals surface area contributed by atoms with E-state index in [9.17, 15) is 9.59 Å². The number of carbonyl (C=O) groups is 1. The number of anilines is 1. The van der Waals surface area contributed by atoms with E-state index in [1.54, 1.807) is 18.5 Å². The van der Waals surface area contributed by atoms with Crippen LogP contribution in [0.5, 0.6) is 0 Å². The quantitative estimate of drug-likeness (QED) is 0.684. The molecule has 2 aromatic heterocycles.